The number of hydrogen-bond donors (Lipinski definition) is 0. The topological polar surface area (TPSA) is 0 Å². The summed E-state index contributed by atoms with van der Waals surface area (Å²) in [7, 11) is 0. The molecule has 0 aliphatic heterocycles. The summed E-state index contributed by atoms with van der Waals surface area (Å²) in [6.07, 6.45) is 4.60. The van der Waals surface area contributed by atoms with Gasteiger partial charge in [-0.15, -0.1) is 0 Å². The van der Waals surface area contributed by atoms with Crippen LogP contribution in [-0.2, 0) is 0 Å². The van der Waals surface area contributed by atoms with Crippen molar-refractivity contribution in [2.75, 3.05) is 0 Å². The van der Waals surface area contributed by atoms with Gasteiger partial charge in [-0.3, -0.25) is 0 Å². The Balaban J connectivity index is 2.10. The molecule has 0 aromatic carbocycles. The molecule has 0 atom stereocenters. The maximum absolute atomic E-state index is 12.5. The third kappa shape index (κ3) is 1.98. The van der Waals surface area contributed by atoms with Gasteiger partial charge in [0.05, 0.1) is 5.03 Å². The average Bonchev–Trinajstić information content (AvgIpc) is 2.47. The predicted molar refractivity (Wildman–Crippen MR) is 46.6 cm³/mol. The molecule has 0 unspecified atom stereocenters. The van der Waals surface area contributed by atoms with Crippen molar-refractivity contribution < 1.29 is 8.78 Å². The fraction of sp³-hybridized carbons (Fsp3) is 0.778. The molecule has 0 spiro atoms. The van der Waals surface area contributed by atoms with Gasteiger partial charge < -0.3 is 0 Å². The Labute approximate surface area is 76.6 Å². The zero-order valence-corrected chi connectivity index (χ0v) is 7.93. The molecule has 3 heteroatoms. The van der Waals surface area contributed by atoms with E-state index in [2.05, 4.69) is 6.92 Å². The molecule has 0 aromatic heterocycles. The molecule has 12 heavy (non-hydrogen) atoms. The van der Waals surface area contributed by atoms with Crippen LogP contribution in [0.25, 0.3) is 0 Å². The zero-order chi connectivity index (χ0) is 9.19. The van der Waals surface area contributed by atoms with Crippen molar-refractivity contribution in [2.24, 2.45) is 0 Å². The number of alkyl halides is 2. The maximum Gasteiger partial charge on any atom is 0.306 e. The summed E-state index contributed by atoms with van der Waals surface area (Å²) in [5, 5.41) is -0.209. The van der Waals surface area contributed by atoms with Crippen molar-refractivity contribution >= 4 is 11.6 Å². The molecule has 0 aromatic rings. The van der Waals surface area contributed by atoms with Gasteiger partial charge in [-0.2, -0.15) is 8.78 Å². The smallest absolute Gasteiger partial charge is 0.195 e. The van der Waals surface area contributed by atoms with Crippen molar-refractivity contribution in [3.63, 3.8) is 0 Å². The van der Waals surface area contributed by atoms with E-state index in [1.54, 1.807) is 0 Å². The Morgan fingerprint density at radius 2 is 1.83 bits per heavy atom. The van der Waals surface area contributed by atoms with Crippen molar-refractivity contribution in [3.05, 3.63) is 10.6 Å². The molecule has 70 valence electrons. The molecule has 0 saturated heterocycles. The van der Waals surface area contributed by atoms with Gasteiger partial charge in [0.2, 0.25) is 0 Å². The lowest BCUT2D eigenvalue weighted by Gasteiger charge is -1.97. The molecule has 1 aliphatic rings. The van der Waals surface area contributed by atoms with Crippen molar-refractivity contribution in [1.82, 2.24) is 0 Å². The normalized spacial score (nSPS) is 20.0. The van der Waals surface area contributed by atoms with Crippen LogP contribution in [0.2, 0.25) is 0 Å². The third-order valence-corrected chi connectivity index (χ3v) is 2.60. The molecular formula is C9H13ClF2. The van der Waals surface area contributed by atoms with Crippen LogP contribution in [0.4, 0.5) is 8.78 Å². The van der Waals surface area contributed by atoms with Crippen LogP contribution >= 0.6 is 11.6 Å². The molecule has 0 N–H and O–H groups in total. The molecule has 0 bridgehead atoms. The quantitative estimate of drug-likeness (QED) is 0.578. The van der Waals surface area contributed by atoms with E-state index in [9.17, 15) is 8.78 Å². The van der Waals surface area contributed by atoms with Gasteiger partial charge in [-0.1, -0.05) is 37.8 Å². The summed E-state index contributed by atoms with van der Waals surface area (Å²) in [5.41, 5.74) is 0.167. The van der Waals surface area contributed by atoms with Crippen molar-refractivity contribution in [2.45, 2.75) is 45.0 Å². The number of unbranched alkanes of at least 4 members (excludes halogenated alkanes) is 3. The van der Waals surface area contributed by atoms with Crippen LogP contribution in [0.15, 0.2) is 10.6 Å². The van der Waals surface area contributed by atoms with Crippen molar-refractivity contribution in [1.29, 1.82) is 0 Å². The first-order valence-electron chi connectivity index (χ1n) is 4.38. The molecule has 0 amide bonds. The number of halogens is 3. The van der Waals surface area contributed by atoms with Gasteiger partial charge in [0.25, 0.3) is 0 Å². The van der Waals surface area contributed by atoms with E-state index in [4.69, 9.17) is 11.6 Å². The zero-order valence-electron chi connectivity index (χ0n) is 7.17. The van der Waals surface area contributed by atoms with Gasteiger partial charge >= 0.3 is 5.92 Å². The average molecular weight is 195 g/mol. The van der Waals surface area contributed by atoms with E-state index in [0.29, 0.717) is 6.42 Å². The van der Waals surface area contributed by atoms with Crippen LogP contribution < -0.4 is 0 Å². The number of hydrogen-bond acceptors (Lipinski definition) is 0. The van der Waals surface area contributed by atoms with Gasteiger partial charge in [-0.25, -0.2) is 0 Å². The summed E-state index contributed by atoms with van der Waals surface area (Å²) in [6, 6.07) is 0. The molecule has 0 radical (unpaired) electrons. The Kier molecular flexibility index (Phi) is 3.10. The van der Waals surface area contributed by atoms with Crippen molar-refractivity contribution in [3.8, 4) is 0 Å². The van der Waals surface area contributed by atoms with E-state index >= 15 is 0 Å². The fourth-order valence-corrected chi connectivity index (χ4v) is 1.53. The molecule has 1 aliphatic carbocycles. The van der Waals surface area contributed by atoms with E-state index in [1.807, 2.05) is 0 Å². The molecule has 0 heterocycles. The second-order valence-corrected chi connectivity index (χ2v) is 3.56. The second-order valence-electron chi connectivity index (χ2n) is 3.18. The first kappa shape index (κ1) is 9.97. The minimum absolute atomic E-state index is 0.167. The van der Waals surface area contributed by atoms with Crippen LogP contribution in [0, 0.1) is 0 Å². The van der Waals surface area contributed by atoms with Gasteiger partial charge in [0, 0.05) is 5.57 Å². The van der Waals surface area contributed by atoms with Gasteiger partial charge in [-0.05, 0) is 12.8 Å². The van der Waals surface area contributed by atoms with Crippen LogP contribution in [0.5, 0.6) is 0 Å². The third-order valence-electron chi connectivity index (χ3n) is 2.14. The SMILES string of the molecule is CCCCCCC1=C(Cl)C1(F)F. The summed E-state index contributed by atoms with van der Waals surface area (Å²) in [6.45, 7) is 2.10. The molecule has 0 fully saturated rings. The lowest BCUT2D eigenvalue weighted by Crippen LogP contribution is -1.95. The summed E-state index contributed by atoms with van der Waals surface area (Å²) in [5.74, 6) is -2.73. The lowest BCUT2D eigenvalue weighted by atomic mass is 10.1. The van der Waals surface area contributed by atoms with E-state index < -0.39 is 5.92 Å². The maximum atomic E-state index is 12.5. The van der Waals surface area contributed by atoms with Crippen LogP contribution in [0.3, 0.4) is 0 Å². The van der Waals surface area contributed by atoms with Gasteiger partial charge in [0.15, 0.2) is 0 Å². The Morgan fingerprint density at radius 1 is 1.25 bits per heavy atom. The largest absolute Gasteiger partial charge is 0.306 e. The predicted octanol–water partition coefficient (Wildman–Crippen LogP) is 4.10. The first-order valence-corrected chi connectivity index (χ1v) is 4.76. The Hall–Kier alpha value is -0.110. The monoisotopic (exact) mass is 194 g/mol. The molecule has 1 rings (SSSR count). The highest BCUT2D eigenvalue weighted by molar-refractivity contribution is 6.34. The van der Waals surface area contributed by atoms with Crippen LogP contribution in [0.1, 0.15) is 39.0 Å². The Morgan fingerprint density at radius 3 is 2.25 bits per heavy atom. The highest BCUT2D eigenvalue weighted by Crippen LogP contribution is 2.53. The molecule has 0 saturated carbocycles. The van der Waals surface area contributed by atoms with E-state index in [1.165, 1.54) is 0 Å². The fourth-order valence-electron chi connectivity index (χ4n) is 1.25. The van der Waals surface area contributed by atoms with E-state index in [0.717, 1.165) is 25.7 Å². The number of allylic oxidation sites excluding steroid dienone is 2. The Bertz CT molecular complexity index is 197. The van der Waals surface area contributed by atoms with E-state index in [-0.39, 0.29) is 10.6 Å². The number of rotatable bonds is 5. The highest BCUT2D eigenvalue weighted by Gasteiger charge is 2.54. The van der Waals surface area contributed by atoms with Crippen LogP contribution in [-0.4, -0.2) is 5.92 Å². The minimum atomic E-state index is -2.73. The molecule has 0 nitrogen and oxygen atoms in total. The summed E-state index contributed by atoms with van der Waals surface area (Å²) in [4.78, 5) is 0. The molecular weight excluding hydrogens is 182 g/mol. The lowest BCUT2D eigenvalue weighted by molar-refractivity contribution is 0.137. The highest BCUT2D eigenvalue weighted by atomic mass is 35.5. The first-order chi connectivity index (χ1) is 5.60. The van der Waals surface area contributed by atoms with Gasteiger partial charge in [0.1, 0.15) is 0 Å². The standard InChI is InChI=1S/C9H13ClF2/c1-2-3-4-5-6-7-8(10)9(7,11)12/h2-6H2,1H3. The summed E-state index contributed by atoms with van der Waals surface area (Å²) < 4.78 is 25.0. The second kappa shape index (κ2) is 3.73. The minimum Gasteiger partial charge on any atom is -0.195 e. The summed E-state index contributed by atoms with van der Waals surface area (Å²) >= 11 is 5.29.